The van der Waals surface area contributed by atoms with Crippen LogP contribution in [-0.2, 0) is 4.74 Å². The number of rotatable bonds is 2. The zero-order valence-corrected chi connectivity index (χ0v) is 16.2. The minimum atomic E-state index is -0.635. The predicted octanol–water partition coefficient (Wildman–Crippen LogP) is 6.01. The summed E-state index contributed by atoms with van der Waals surface area (Å²) < 4.78 is 4.88. The van der Waals surface area contributed by atoms with Crippen molar-refractivity contribution >= 4 is 38.3 Å². The molecule has 0 unspecified atom stereocenters. The normalized spacial score (nSPS) is 11.2. The molecule has 0 bridgehead atoms. The fourth-order valence-corrected chi connectivity index (χ4v) is 4.23. The van der Waals surface area contributed by atoms with Gasteiger partial charge in [-0.15, -0.1) is 0 Å². The molecule has 4 nitrogen and oxygen atoms in total. The summed E-state index contributed by atoms with van der Waals surface area (Å²) in [5.74, 6) is -0.785. The second-order valence-electron chi connectivity index (χ2n) is 7.18. The first-order chi connectivity index (χ1) is 14.6. The van der Waals surface area contributed by atoms with Gasteiger partial charge in [0.2, 0.25) is 0 Å². The molecule has 0 atom stereocenters. The molecule has 146 valence electrons. The van der Waals surface area contributed by atoms with Crippen LogP contribution in [0.5, 0.6) is 11.5 Å². The van der Waals surface area contributed by atoms with Gasteiger partial charge in [0.05, 0.1) is 7.11 Å². The Hall–Kier alpha value is -4.05. The molecule has 0 saturated carbocycles. The van der Waals surface area contributed by atoms with Crippen molar-refractivity contribution in [2.75, 3.05) is 7.11 Å². The third-order valence-electron chi connectivity index (χ3n) is 5.58. The maximum atomic E-state index is 12.4. The molecule has 0 saturated heterocycles. The van der Waals surface area contributed by atoms with Crippen LogP contribution in [0.4, 0.5) is 0 Å². The number of methoxy groups -OCH3 is 1. The van der Waals surface area contributed by atoms with Gasteiger partial charge >= 0.3 is 5.97 Å². The summed E-state index contributed by atoms with van der Waals surface area (Å²) in [4.78, 5) is 12.4. The van der Waals surface area contributed by atoms with E-state index in [9.17, 15) is 15.0 Å². The fourth-order valence-electron chi connectivity index (χ4n) is 4.23. The molecule has 4 heteroatoms. The summed E-state index contributed by atoms with van der Waals surface area (Å²) in [6.07, 6.45) is 0. The highest BCUT2D eigenvalue weighted by atomic mass is 16.5. The van der Waals surface area contributed by atoms with Crippen molar-refractivity contribution in [2.45, 2.75) is 0 Å². The van der Waals surface area contributed by atoms with Crippen LogP contribution in [0, 0.1) is 0 Å². The molecule has 0 aliphatic heterocycles. The molecule has 0 spiro atoms. The number of carbonyl (C=O) groups excluding carboxylic acids is 1. The van der Waals surface area contributed by atoms with E-state index in [1.807, 2.05) is 72.8 Å². The molecule has 5 aromatic rings. The molecule has 0 aliphatic carbocycles. The van der Waals surface area contributed by atoms with Crippen molar-refractivity contribution in [1.29, 1.82) is 0 Å². The van der Waals surface area contributed by atoms with E-state index in [1.165, 1.54) is 7.11 Å². The van der Waals surface area contributed by atoms with Crippen molar-refractivity contribution in [2.24, 2.45) is 0 Å². The fraction of sp³-hybridized carbons (Fsp3) is 0.0385. The second-order valence-corrected chi connectivity index (χ2v) is 7.18. The van der Waals surface area contributed by atoms with E-state index in [4.69, 9.17) is 4.74 Å². The van der Waals surface area contributed by atoms with E-state index >= 15 is 0 Å². The topological polar surface area (TPSA) is 66.8 Å². The Bertz CT molecular complexity index is 1470. The van der Waals surface area contributed by atoms with Crippen LogP contribution in [-0.4, -0.2) is 23.3 Å². The monoisotopic (exact) mass is 394 g/mol. The number of hydrogen-bond acceptors (Lipinski definition) is 4. The van der Waals surface area contributed by atoms with Crippen molar-refractivity contribution in [1.82, 2.24) is 0 Å². The lowest BCUT2D eigenvalue weighted by molar-refractivity contribution is 0.0597. The summed E-state index contributed by atoms with van der Waals surface area (Å²) in [7, 11) is 1.28. The van der Waals surface area contributed by atoms with E-state index in [0.717, 1.165) is 26.9 Å². The summed E-state index contributed by atoms with van der Waals surface area (Å²) in [6.45, 7) is 0. The van der Waals surface area contributed by atoms with E-state index in [1.54, 1.807) is 6.07 Å². The van der Waals surface area contributed by atoms with Crippen molar-refractivity contribution < 1.29 is 19.7 Å². The Morgan fingerprint density at radius 3 is 1.83 bits per heavy atom. The van der Waals surface area contributed by atoms with Crippen LogP contribution < -0.4 is 0 Å². The van der Waals surface area contributed by atoms with Crippen LogP contribution in [0.2, 0.25) is 0 Å². The molecule has 5 rings (SSSR count). The smallest absolute Gasteiger partial charge is 0.341 e. The summed E-state index contributed by atoms with van der Waals surface area (Å²) in [5, 5.41) is 27.4. The number of benzene rings is 5. The Labute approximate surface area is 172 Å². The highest BCUT2D eigenvalue weighted by Crippen LogP contribution is 2.49. The SMILES string of the molecule is COC(=O)c1cc2ccccc2c(-c2c(O)c3ccccc3c3ccccc23)c1O. The molecule has 0 aromatic heterocycles. The van der Waals surface area contributed by atoms with E-state index in [0.29, 0.717) is 16.5 Å². The predicted molar refractivity (Wildman–Crippen MR) is 119 cm³/mol. The molecule has 0 heterocycles. The van der Waals surface area contributed by atoms with Gasteiger partial charge in [0, 0.05) is 16.5 Å². The Kier molecular flexibility index (Phi) is 4.07. The summed E-state index contributed by atoms with van der Waals surface area (Å²) >= 11 is 0. The minimum absolute atomic E-state index is 0.0582. The quantitative estimate of drug-likeness (QED) is 0.284. The zero-order chi connectivity index (χ0) is 20.8. The number of aromatic hydroxyl groups is 2. The average Bonchev–Trinajstić information content (AvgIpc) is 2.79. The van der Waals surface area contributed by atoms with Crippen LogP contribution in [0.15, 0.2) is 78.9 Å². The largest absolute Gasteiger partial charge is 0.507 e. The second kappa shape index (κ2) is 6.78. The van der Waals surface area contributed by atoms with Gasteiger partial charge in [0.25, 0.3) is 0 Å². The molecular weight excluding hydrogens is 376 g/mol. The molecule has 0 aliphatic rings. The number of ether oxygens (including phenoxy) is 1. The Morgan fingerprint density at radius 2 is 1.17 bits per heavy atom. The lowest BCUT2D eigenvalue weighted by Crippen LogP contribution is -2.03. The first-order valence-corrected chi connectivity index (χ1v) is 9.57. The highest BCUT2D eigenvalue weighted by Gasteiger charge is 2.24. The van der Waals surface area contributed by atoms with Crippen LogP contribution >= 0.6 is 0 Å². The standard InChI is InChI=1S/C26H18O4/c1-30-26(29)21-14-15-8-2-3-9-16(15)22(25(21)28)23-19-12-6-4-10-17(19)18-11-5-7-13-20(18)24(23)27/h2-14,27-28H,1H3. The highest BCUT2D eigenvalue weighted by molar-refractivity contribution is 6.21. The molecule has 0 radical (unpaired) electrons. The average molecular weight is 394 g/mol. The Balaban J connectivity index is 2.04. The van der Waals surface area contributed by atoms with Gasteiger partial charge in [-0.05, 0) is 33.0 Å². The molecule has 5 aromatic carbocycles. The van der Waals surface area contributed by atoms with E-state index < -0.39 is 5.97 Å². The third kappa shape index (κ3) is 2.51. The van der Waals surface area contributed by atoms with E-state index in [-0.39, 0.29) is 17.1 Å². The third-order valence-corrected chi connectivity index (χ3v) is 5.58. The van der Waals surface area contributed by atoms with Crippen molar-refractivity contribution in [3.05, 3.63) is 84.4 Å². The van der Waals surface area contributed by atoms with E-state index in [2.05, 4.69) is 0 Å². The number of fused-ring (bicyclic) bond motifs is 4. The Morgan fingerprint density at radius 1 is 0.667 bits per heavy atom. The first-order valence-electron chi connectivity index (χ1n) is 9.57. The number of phenolic OH excluding ortho intramolecular Hbond substituents is 2. The lowest BCUT2D eigenvalue weighted by atomic mass is 9.88. The number of esters is 1. The number of carbonyl (C=O) groups is 1. The minimum Gasteiger partial charge on any atom is -0.507 e. The van der Waals surface area contributed by atoms with Gasteiger partial charge < -0.3 is 14.9 Å². The maximum Gasteiger partial charge on any atom is 0.341 e. The van der Waals surface area contributed by atoms with Gasteiger partial charge in [-0.3, -0.25) is 0 Å². The van der Waals surface area contributed by atoms with Gasteiger partial charge in [0.1, 0.15) is 17.1 Å². The maximum absolute atomic E-state index is 12.4. The number of phenols is 2. The molecule has 2 N–H and O–H groups in total. The van der Waals surface area contributed by atoms with Gasteiger partial charge in [-0.25, -0.2) is 4.79 Å². The summed E-state index contributed by atoms with van der Waals surface area (Å²) in [5.41, 5.74) is 0.958. The molecule has 30 heavy (non-hydrogen) atoms. The van der Waals surface area contributed by atoms with Gasteiger partial charge in [-0.1, -0.05) is 72.8 Å². The first kappa shape index (κ1) is 18.0. The molecular formula is C26H18O4. The number of hydrogen-bond donors (Lipinski definition) is 2. The lowest BCUT2D eigenvalue weighted by Gasteiger charge is -2.18. The summed E-state index contributed by atoms with van der Waals surface area (Å²) in [6, 6.07) is 24.4. The van der Waals surface area contributed by atoms with Crippen LogP contribution in [0.25, 0.3) is 43.4 Å². The van der Waals surface area contributed by atoms with Gasteiger partial charge in [-0.2, -0.15) is 0 Å². The van der Waals surface area contributed by atoms with Crippen LogP contribution in [0.3, 0.4) is 0 Å². The van der Waals surface area contributed by atoms with Crippen LogP contribution in [0.1, 0.15) is 10.4 Å². The molecule has 0 fully saturated rings. The molecule has 0 amide bonds. The van der Waals surface area contributed by atoms with Crippen molar-refractivity contribution in [3.8, 4) is 22.6 Å². The van der Waals surface area contributed by atoms with Crippen molar-refractivity contribution in [3.63, 3.8) is 0 Å². The zero-order valence-electron chi connectivity index (χ0n) is 16.2. The van der Waals surface area contributed by atoms with Gasteiger partial charge in [0.15, 0.2) is 0 Å².